The van der Waals surface area contributed by atoms with Gasteiger partial charge in [0, 0.05) is 36.2 Å². The van der Waals surface area contributed by atoms with Crippen LogP contribution in [0.5, 0.6) is 5.75 Å². The van der Waals surface area contributed by atoms with Crippen LogP contribution in [0, 0.1) is 6.92 Å². The van der Waals surface area contributed by atoms with Crippen LogP contribution in [0.2, 0.25) is 0 Å². The highest BCUT2D eigenvalue weighted by molar-refractivity contribution is 5.87. The molecule has 0 bridgehead atoms. The van der Waals surface area contributed by atoms with Gasteiger partial charge in [-0.05, 0) is 79.8 Å². The van der Waals surface area contributed by atoms with Crippen molar-refractivity contribution in [3.05, 3.63) is 64.8 Å². The van der Waals surface area contributed by atoms with E-state index >= 15 is 0 Å². The quantitative estimate of drug-likeness (QED) is 0.483. The second-order valence-corrected chi connectivity index (χ2v) is 10.8. The van der Waals surface area contributed by atoms with E-state index in [9.17, 15) is 5.11 Å². The van der Waals surface area contributed by atoms with Crippen molar-refractivity contribution in [1.29, 1.82) is 0 Å². The Morgan fingerprint density at radius 1 is 1.00 bits per heavy atom. The first-order valence-corrected chi connectivity index (χ1v) is 13.4. The highest BCUT2D eigenvalue weighted by Gasteiger charge is 2.35. The van der Waals surface area contributed by atoms with Gasteiger partial charge in [-0.3, -0.25) is 4.90 Å². The van der Waals surface area contributed by atoms with Crippen molar-refractivity contribution in [3.8, 4) is 5.75 Å². The monoisotopic (exact) mass is 458 g/mol. The molecule has 4 nitrogen and oxygen atoms in total. The van der Waals surface area contributed by atoms with E-state index in [1.54, 1.807) is 11.1 Å². The number of hydrogen-bond donors (Lipinski definition) is 1. The van der Waals surface area contributed by atoms with Crippen LogP contribution in [0.1, 0.15) is 79.3 Å². The molecule has 2 aliphatic carbocycles. The first kappa shape index (κ1) is 22.2. The summed E-state index contributed by atoms with van der Waals surface area (Å²) < 4.78 is 8.56. The molecule has 2 aromatic carbocycles. The van der Waals surface area contributed by atoms with Gasteiger partial charge in [-0.2, -0.15) is 0 Å². The van der Waals surface area contributed by atoms with Crippen molar-refractivity contribution in [2.75, 3.05) is 19.7 Å². The largest absolute Gasteiger partial charge is 0.491 e. The second-order valence-electron chi connectivity index (χ2n) is 10.8. The lowest BCUT2D eigenvalue weighted by Crippen LogP contribution is -2.44. The number of benzene rings is 2. The molecule has 1 aliphatic heterocycles. The molecule has 3 aromatic rings. The molecule has 2 atom stereocenters. The van der Waals surface area contributed by atoms with Gasteiger partial charge in [0.05, 0.1) is 6.04 Å². The van der Waals surface area contributed by atoms with Gasteiger partial charge in [0.25, 0.3) is 0 Å². The Kier molecular flexibility index (Phi) is 6.13. The lowest BCUT2D eigenvalue weighted by molar-refractivity contribution is 0.0373. The van der Waals surface area contributed by atoms with Crippen molar-refractivity contribution < 1.29 is 9.84 Å². The summed E-state index contributed by atoms with van der Waals surface area (Å²) in [5.41, 5.74) is 7.22. The zero-order valence-electron chi connectivity index (χ0n) is 20.5. The summed E-state index contributed by atoms with van der Waals surface area (Å²) in [5.74, 6) is 1.62. The minimum Gasteiger partial charge on any atom is -0.491 e. The number of hydrogen-bond acceptors (Lipinski definition) is 3. The van der Waals surface area contributed by atoms with E-state index < -0.39 is 6.10 Å². The van der Waals surface area contributed by atoms with Gasteiger partial charge < -0.3 is 14.4 Å². The summed E-state index contributed by atoms with van der Waals surface area (Å²) in [6.45, 7) is 5.07. The zero-order valence-corrected chi connectivity index (χ0v) is 20.5. The fraction of sp³-hybridized carbons (Fsp3) is 0.533. The number of rotatable bonds is 6. The van der Waals surface area contributed by atoms with Gasteiger partial charge in [-0.25, -0.2) is 0 Å². The van der Waals surface area contributed by atoms with E-state index in [1.807, 2.05) is 18.2 Å². The Bertz CT molecular complexity index is 1160. The van der Waals surface area contributed by atoms with Crippen molar-refractivity contribution in [2.24, 2.45) is 0 Å². The molecule has 3 aliphatic rings. The maximum Gasteiger partial charge on any atom is 0.122 e. The maximum atomic E-state index is 10.8. The van der Waals surface area contributed by atoms with Gasteiger partial charge in [0.1, 0.15) is 18.5 Å². The Morgan fingerprint density at radius 2 is 1.85 bits per heavy atom. The third kappa shape index (κ3) is 4.05. The molecule has 0 amide bonds. The molecule has 6 rings (SSSR count). The van der Waals surface area contributed by atoms with Crippen molar-refractivity contribution in [1.82, 2.24) is 9.47 Å². The summed E-state index contributed by atoms with van der Waals surface area (Å²) in [5, 5.41) is 12.4. The molecule has 0 saturated heterocycles. The smallest absolute Gasteiger partial charge is 0.122 e. The number of ether oxygens (including phenoxy) is 1. The summed E-state index contributed by atoms with van der Waals surface area (Å²) in [7, 11) is 0. The minimum atomic E-state index is -0.487. The molecule has 4 heteroatoms. The van der Waals surface area contributed by atoms with Crippen LogP contribution in [0.3, 0.4) is 0 Å². The van der Waals surface area contributed by atoms with Gasteiger partial charge in [0.2, 0.25) is 0 Å². The molecule has 0 unspecified atom stereocenters. The average molecular weight is 459 g/mol. The van der Waals surface area contributed by atoms with E-state index in [0.717, 1.165) is 30.3 Å². The molecular weight excluding hydrogens is 420 g/mol. The van der Waals surface area contributed by atoms with E-state index in [-0.39, 0.29) is 0 Å². The molecular formula is C30H38N2O2. The Labute approximate surface area is 203 Å². The van der Waals surface area contributed by atoms with Crippen molar-refractivity contribution in [3.63, 3.8) is 0 Å². The fourth-order valence-corrected chi connectivity index (χ4v) is 6.83. The summed E-state index contributed by atoms with van der Waals surface area (Å²) in [6, 6.07) is 15.8. The molecule has 1 N–H and O–H groups in total. The van der Waals surface area contributed by atoms with Crippen molar-refractivity contribution in [2.45, 2.75) is 82.9 Å². The standard InChI is InChI=1S/C30H38N2O2/c1-21-8-5-6-13-29(21)34-20-24(33)19-31-16-17-32-27-15-14-23(22-9-3-2-4-10-22)18-26(27)25-11-7-12-28(31)30(25)32/h5-6,8,13-15,18,22,24,28,33H,2-4,7,9-12,16-17,19-20H2,1H3/t24-,28+/m1/s1. The minimum absolute atomic E-state index is 0.342. The van der Waals surface area contributed by atoms with E-state index in [2.05, 4.69) is 40.7 Å². The number of fused-ring (bicyclic) bond motifs is 3. The number of para-hydroxylation sites is 1. The Balaban J connectivity index is 1.22. The SMILES string of the molecule is Cc1ccccc1OC[C@H](O)CN1CCn2c3c(c4cc(C5CCCCC5)ccc42)CCC[C@@H]31. The van der Waals surface area contributed by atoms with E-state index in [4.69, 9.17) is 4.74 Å². The summed E-state index contributed by atoms with van der Waals surface area (Å²) in [4.78, 5) is 2.52. The van der Waals surface area contributed by atoms with Crippen LogP contribution in [0.15, 0.2) is 42.5 Å². The molecule has 1 fully saturated rings. The lowest BCUT2D eigenvalue weighted by Gasteiger charge is -2.40. The lowest BCUT2D eigenvalue weighted by atomic mass is 9.83. The molecule has 2 heterocycles. The van der Waals surface area contributed by atoms with Crippen LogP contribution < -0.4 is 4.74 Å². The second kappa shape index (κ2) is 9.39. The number of aliphatic hydroxyl groups excluding tert-OH is 1. The fourth-order valence-electron chi connectivity index (χ4n) is 6.83. The van der Waals surface area contributed by atoms with Crippen LogP contribution in [-0.4, -0.2) is 40.4 Å². The van der Waals surface area contributed by atoms with Crippen LogP contribution in [0.25, 0.3) is 10.9 Å². The Hall–Kier alpha value is -2.30. The topological polar surface area (TPSA) is 37.6 Å². The molecule has 1 aromatic heterocycles. The molecule has 0 spiro atoms. The van der Waals surface area contributed by atoms with Crippen LogP contribution in [-0.2, 0) is 13.0 Å². The molecule has 34 heavy (non-hydrogen) atoms. The van der Waals surface area contributed by atoms with Gasteiger partial charge in [-0.1, -0.05) is 43.5 Å². The van der Waals surface area contributed by atoms with Gasteiger partial charge >= 0.3 is 0 Å². The number of nitrogens with zero attached hydrogens (tertiary/aromatic N) is 2. The number of aryl methyl sites for hydroxylation is 2. The highest BCUT2D eigenvalue weighted by Crippen LogP contribution is 2.44. The third-order valence-electron chi connectivity index (χ3n) is 8.55. The number of aromatic nitrogens is 1. The highest BCUT2D eigenvalue weighted by atomic mass is 16.5. The maximum absolute atomic E-state index is 10.8. The molecule has 1 saturated carbocycles. The normalized spacial score (nSPS) is 22.0. The molecule has 180 valence electrons. The molecule has 0 radical (unpaired) electrons. The van der Waals surface area contributed by atoms with Crippen molar-refractivity contribution >= 4 is 10.9 Å². The van der Waals surface area contributed by atoms with Gasteiger partial charge in [-0.15, -0.1) is 0 Å². The van der Waals surface area contributed by atoms with E-state index in [0.29, 0.717) is 19.2 Å². The van der Waals surface area contributed by atoms with Gasteiger partial charge in [0.15, 0.2) is 0 Å². The first-order valence-electron chi connectivity index (χ1n) is 13.4. The van der Waals surface area contributed by atoms with Crippen LogP contribution >= 0.6 is 0 Å². The summed E-state index contributed by atoms with van der Waals surface area (Å²) >= 11 is 0. The number of aliphatic hydroxyl groups is 1. The Morgan fingerprint density at radius 3 is 2.71 bits per heavy atom. The zero-order chi connectivity index (χ0) is 23.1. The first-order chi connectivity index (χ1) is 16.7. The average Bonchev–Trinajstić information content (AvgIpc) is 3.20. The predicted molar refractivity (Wildman–Crippen MR) is 138 cm³/mol. The van der Waals surface area contributed by atoms with Crippen LogP contribution in [0.4, 0.5) is 0 Å². The van der Waals surface area contributed by atoms with E-state index in [1.165, 1.54) is 68.0 Å². The predicted octanol–water partition coefficient (Wildman–Crippen LogP) is 6.13. The third-order valence-corrected chi connectivity index (χ3v) is 8.55. The summed E-state index contributed by atoms with van der Waals surface area (Å²) in [6.07, 6.45) is 10.0. The number of β-amino-alcohol motifs (C(OH)–C–C–N with tert-alkyl or cyclic N) is 1.